The van der Waals surface area contributed by atoms with Crippen molar-refractivity contribution in [3.8, 4) is 6.07 Å². The van der Waals surface area contributed by atoms with Crippen molar-refractivity contribution < 1.29 is 0 Å². The first-order valence-electron chi connectivity index (χ1n) is 4.18. The highest BCUT2D eigenvalue weighted by atomic mass is 35.5. The van der Waals surface area contributed by atoms with Gasteiger partial charge in [-0.2, -0.15) is 5.26 Å². The minimum Gasteiger partial charge on any atom is -0.370 e. The SMILES string of the molecule is CCC(C#N)Nc1ccc(Cl)cc1. The molecule has 1 rings (SSSR count). The summed E-state index contributed by atoms with van der Waals surface area (Å²) in [7, 11) is 0. The number of nitrogens with zero attached hydrogens (tertiary/aromatic N) is 1. The number of halogens is 1. The van der Waals surface area contributed by atoms with Crippen LogP contribution in [0.2, 0.25) is 5.02 Å². The van der Waals surface area contributed by atoms with Crippen LogP contribution >= 0.6 is 11.6 Å². The average molecular weight is 195 g/mol. The fourth-order valence-corrected chi connectivity index (χ4v) is 1.10. The van der Waals surface area contributed by atoms with Crippen LogP contribution in [-0.4, -0.2) is 6.04 Å². The highest BCUT2D eigenvalue weighted by Crippen LogP contribution is 2.14. The van der Waals surface area contributed by atoms with Crippen molar-refractivity contribution in [1.82, 2.24) is 0 Å². The third-order valence-corrected chi connectivity index (χ3v) is 2.00. The number of nitrogens with one attached hydrogen (secondary N) is 1. The molecule has 1 aromatic rings. The maximum absolute atomic E-state index is 8.70. The quantitative estimate of drug-likeness (QED) is 0.803. The van der Waals surface area contributed by atoms with E-state index >= 15 is 0 Å². The maximum Gasteiger partial charge on any atom is 0.114 e. The van der Waals surface area contributed by atoms with Crippen LogP contribution in [0.4, 0.5) is 5.69 Å². The lowest BCUT2D eigenvalue weighted by molar-refractivity contribution is 0.845. The number of benzene rings is 1. The molecule has 0 heterocycles. The summed E-state index contributed by atoms with van der Waals surface area (Å²) >= 11 is 5.72. The molecule has 13 heavy (non-hydrogen) atoms. The van der Waals surface area contributed by atoms with E-state index in [1.165, 1.54) is 0 Å². The molecule has 68 valence electrons. The Morgan fingerprint density at radius 1 is 1.46 bits per heavy atom. The molecule has 0 saturated carbocycles. The molecule has 1 atom stereocenters. The molecule has 0 radical (unpaired) electrons. The fraction of sp³-hybridized carbons (Fsp3) is 0.300. The van der Waals surface area contributed by atoms with Gasteiger partial charge in [0.2, 0.25) is 0 Å². The van der Waals surface area contributed by atoms with Crippen LogP contribution in [0, 0.1) is 11.3 Å². The number of anilines is 1. The molecule has 0 aromatic heterocycles. The van der Waals surface area contributed by atoms with Crippen molar-refractivity contribution in [2.75, 3.05) is 5.32 Å². The van der Waals surface area contributed by atoms with E-state index < -0.39 is 0 Å². The summed E-state index contributed by atoms with van der Waals surface area (Å²) in [5.74, 6) is 0. The van der Waals surface area contributed by atoms with Gasteiger partial charge in [-0.3, -0.25) is 0 Å². The van der Waals surface area contributed by atoms with E-state index in [1.807, 2.05) is 19.1 Å². The first kappa shape index (κ1) is 9.88. The van der Waals surface area contributed by atoms with Gasteiger partial charge in [0.05, 0.1) is 6.07 Å². The molecule has 0 bridgehead atoms. The van der Waals surface area contributed by atoms with E-state index in [0.717, 1.165) is 12.1 Å². The van der Waals surface area contributed by atoms with E-state index in [1.54, 1.807) is 12.1 Å². The Kier molecular flexibility index (Phi) is 3.60. The molecule has 0 spiro atoms. The van der Waals surface area contributed by atoms with Gasteiger partial charge in [-0.1, -0.05) is 18.5 Å². The van der Waals surface area contributed by atoms with Crippen molar-refractivity contribution in [1.29, 1.82) is 5.26 Å². The zero-order chi connectivity index (χ0) is 9.68. The smallest absolute Gasteiger partial charge is 0.114 e. The van der Waals surface area contributed by atoms with Gasteiger partial charge in [0, 0.05) is 10.7 Å². The summed E-state index contributed by atoms with van der Waals surface area (Å²) in [4.78, 5) is 0. The van der Waals surface area contributed by atoms with E-state index in [2.05, 4.69) is 11.4 Å². The minimum absolute atomic E-state index is 0.124. The molecule has 0 aliphatic carbocycles. The minimum atomic E-state index is -0.124. The van der Waals surface area contributed by atoms with Crippen molar-refractivity contribution >= 4 is 17.3 Å². The lowest BCUT2D eigenvalue weighted by Crippen LogP contribution is -2.15. The third-order valence-electron chi connectivity index (χ3n) is 1.75. The number of nitriles is 1. The molecule has 3 heteroatoms. The van der Waals surface area contributed by atoms with Crippen LogP contribution in [-0.2, 0) is 0 Å². The fourth-order valence-electron chi connectivity index (χ4n) is 0.973. The van der Waals surface area contributed by atoms with Crippen LogP contribution in [0.15, 0.2) is 24.3 Å². The number of hydrogen-bond donors (Lipinski definition) is 1. The van der Waals surface area contributed by atoms with Crippen LogP contribution in [0.25, 0.3) is 0 Å². The predicted molar refractivity (Wildman–Crippen MR) is 54.8 cm³/mol. The Hall–Kier alpha value is -1.20. The first-order chi connectivity index (χ1) is 6.26. The predicted octanol–water partition coefficient (Wildman–Crippen LogP) is 3.05. The van der Waals surface area contributed by atoms with E-state index in [9.17, 15) is 0 Å². The normalized spacial score (nSPS) is 11.8. The average Bonchev–Trinajstić information content (AvgIpc) is 2.17. The lowest BCUT2D eigenvalue weighted by atomic mass is 10.2. The number of hydrogen-bond acceptors (Lipinski definition) is 2. The molecule has 0 aliphatic heterocycles. The summed E-state index contributed by atoms with van der Waals surface area (Å²) < 4.78 is 0. The van der Waals surface area contributed by atoms with Gasteiger partial charge in [-0.25, -0.2) is 0 Å². The Morgan fingerprint density at radius 2 is 2.08 bits per heavy atom. The van der Waals surface area contributed by atoms with Crippen molar-refractivity contribution in [2.24, 2.45) is 0 Å². The molecule has 0 saturated heterocycles. The molecule has 0 aliphatic rings. The Morgan fingerprint density at radius 3 is 2.54 bits per heavy atom. The van der Waals surface area contributed by atoms with Crippen LogP contribution < -0.4 is 5.32 Å². The van der Waals surface area contributed by atoms with Gasteiger partial charge in [0.25, 0.3) is 0 Å². The van der Waals surface area contributed by atoms with E-state index in [0.29, 0.717) is 5.02 Å². The van der Waals surface area contributed by atoms with Gasteiger partial charge in [-0.05, 0) is 30.7 Å². The lowest BCUT2D eigenvalue weighted by Gasteiger charge is -2.09. The Bertz CT molecular complexity index is 300. The van der Waals surface area contributed by atoms with Crippen molar-refractivity contribution in [2.45, 2.75) is 19.4 Å². The van der Waals surface area contributed by atoms with Crippen LogP contribution in [0.3, 0.4) is 0 Å². The summed E-state index contributed by atoms with van der Waals surface area (Å²) in [6, 6.07) is 9.37. The van der Waals surface area contributed by atoms with Crippen molar-refractivity contribution in [3.05, 3.63) is 29.3 Å². The second kappa shape index (κ2) is 4.74. The zero-order valence-corrected chi connectivity index (χ0v) is 8.17. The second-order valence-electron chi connectivity index (χ2n) is 2.74. The van der Waals surface area contributed by atoms with Crippen molar-refractivity contribution in [3.63, 3.8) is 0 Å². The largest absolute Gasteiger partial charge is 0.370 e. The van der Waals surface area contributed by atoms with Crippen LogP contribution in [0.5, 0.6) is 0 Å². The summed E-state index contributed by atoms with van der Waals surface area (Å²) in [5.41, 5.74) is 0.929. The molecular formula is C10H11ClN2. The molecule has 1 aromatic carbocycles. The highest BCUT2D eigenvalue weighted by molar-refractivity contribution is 6.30. The number of rotatable bonds is 3. The Labute approximate surface area is 83.1 Å². The van der Waals surface area contributed by atoms with Gasteiger partial charge in [0.15, 0.2) is 0 Å². The van der Waals surface area contributed by atoms with Gasteiger partial charge >= 0.3 is 0 Å². The summed E-state index contributed by atoms with van der Waals surface area (Å²) in [6.07, 6.45) is 0.791. The molecular weight excluding hydrogens is 184 g/mol. The van der Waals surface area contributed by atoms with E-state index in [4.69, 9.17) is 16.9 Å². The first-order valence-corrected chi connectivity index (χ1v) is 4.55. The second-order valence-corrected chi connectivity index (χ2v) is 3.18. The molecule has 1 N–H and O–H groups in total. The standard InChI is InChI=1S/C10H11ClN2/c1-2-9(7-12)13-10-5-3-8(11)4-6-10/h3-6,9,13H,2H2,1H3. The summed E-state index contributed by atoms with van der Waals surface area (Å²) in [5, 5.41) is 12.5. The van der Waals surface area contributed by atoms with Gasteiger partial charge < -0.3 is 5.32 Å². The molecule has 0 amide bonds. The topological polar surface area (TPSA) is 35.8 Å². The molecule has 1 unspecified atom stereocenters. The summed E-state index contributed by atoms with van der Waals surface area (Å²) in [6.45, 7) is 1.97. The van der Waals surface area contributed by atoms with Gasteiger partial charge in [-0.15, -0.1) is 0 Å². The molecule has 0 fully saturated rings. The zero-order valence-electron chi connectivity index (χ0n) is 7.42. The van der Waals surface area contributed by atoms with Crippen LogP contribution in [0.1, 0.15) is 13.3 Å². The van der Waals surface area contributed by atoms with E-state index in [-0.39, 0.29) is 6.04 Å². The molecule has 2 nitrogen and oxygen atoms in total. The maximum atomic E-state index is 8.70. The monoisotopic (exact) mass is 194 g/mol. The van der Waals surface area contributed by atoms with Gasteiger partial charge in [0.1, 0.15) is 6.04 Å². The highest BCUT2D eigenvalue weighted by Gasteiger charge is 2.02. The third kappa shape index (κ3) is 2.96. The Balaban J connectivity index is 2.64.